The molecule has 2 rings (SSSR count). The van der Waals surface area contributed by atoms with Gasteiger partial charge in [-0.25, -0.2) is 9.97 Å². The second-order valence-electron chi connectivity index (χ2n) is 3.29. The molecule has 2 aromatic heterocycles. The maximum absolute atomic E-state index is 10.8. The molecule has 0 aliphatic rings. The molecule has 0 amide bonds. The van der Waals surface area contributed by atoms with Gasteiger partial charge < -0.3 is 10.0 Å². The lowest BCUT2D eigenvalue weighted by molar-refractivity contribution is -0.135. The van der Waals surface area contributed by atoms with E-state index in [1.165, 1.54) is 17.7 Å². The van der Waals surface area contributed by atoms with E-state index >= 15 is 0 Å². The molecule has 6 heteroatoms. The minimum absolute atomic E-state index is 0.172. The van der Waals surface area contributed by atoms with E-state index in [0.717, 1.165) is 10.2 Å². The Morgan fingerprint density at radius 2 is 2.41 bits per heavy atom. The van der Waals surface area contributed by atoms with Crippen LogP contribution in [0.4, 0.5) is 5.82 Å². The first-order valence-electron chi connectivity index (χ1n) is 4.81. The summed E-state index contributed by atoms with van der Waals surface area (Å²) in [5.74, 6) is 2.07. The summed E-state index contributed by atoms with van der Waals surface area (Å²) in [4.78, 5) is 20.5. The van der Waals surface area contributed by atoms with Gasteiger partial charge in [-0.3, -0.25) is 4.79 Å². The molecule has 0 spiro atoms. The Bertz CT molecular complexity index is 588. The number of hydrogen-bond donors (Lipinski definition) is 1. The first kappa shape index (κ1) is 11.4. The molecule has 1 N–H and O–H groups in total. The number of nitrogens with zero attached hydrogens (tertiary/aromatic N) is 3. The molecule has 0 unspecified atom stereocenters. The van der Waals surface area contributed by atoms with Crippen molar-refractivity contribution in [2.75, 3.05) is 18.0 Å². The second kappa shape index (κ2) is 4.80. The van der Waals surface area contributed by atoms with Crippen molar-refractivity contribution in [2.45, 2.75) is 0 Å². The van der Waals surface area contributed by atoms with Crippen LogP contribution >= 0.6 is 11.3 Å². The lowest BCUT2D eigenvalue weighted by Gasteiger charge is -2.18. The number of aromatic nitrogens is 2. The summed E-state index contributed by atoms with van der Waals surface area (Å²) in [5.41, 5.74) is 0.799. The predicted molar refractivity (Wildman–Crippen MR) is 66.1 cm³/mol. The average Bonchev–Trinajstić information content (AvgIpc) is 2.75. The third-order valence-corrected chi connectivity index (χ3v) is 3.03. The second-order valence-corrected chi connectivity index (χ2v) is 4.20. The zero-order chi connectivity index (χ0) is 12.3. The monoisotopic (exact) mass is 247 g/mol. The number of anilines is 1. The van der Waals surface area contributed by atoms with Crippen molar-refractivity contribution in [2.24, 2.45) is 0 Å². The van der Waals surface area contributed by atoms with Crippen LogP contribution in [0.3, 0.4) is 0 Å². The van der Waals surface area contributed by atoms with Crippen molar-refractivity contribution >= 4 is 33.3 Å². The fraction of sp³-hybridized carbons (Fsp3) is 0.182. The molecule has 2 heterocycles. The lowest BCUT2D eigenvalue weighted by Crippen LogP contribution is -2.30. The summed E-state index contributed by atoms with van der Waals surface area (Å²) in [5, 5.41) is 10.7. The topological polar surface area (TPSA) is 66.3 Å². The minimum atomic E-state index is -0.941. The van der Waals surface area contributed by atoms with Gasteiger partial charge in [-0.15, -0.1) is 17.8 Å². The summed E-state index contributed by atoms with van der Waals surface area (Å²) >= 11 is 1.47. The van der Waals surface area contributed by atoms with E-state index in [2.05, 4.69) is 15.9 Å². The fourth-order valence-corrected chi connectivity index (χ4v) is 2.34. The number of rotatable bonds is 4. The normalized spacial score (nSPS) is 10.1. The van der Waals surface area contributed by atoms with E-state index in [1.807, 2.05) is 11.4 Å². The molecule has 0 fully saturated rings. The van der Waals surface area contributed by atoms with Crippen LogP contribution in [-0.2, 0) is 4.79 Å². The van der Waals surface area contributed by atoms with Crippen LogP contribution in [0.25, 0.3) is 10.2 Å². The SMILES string of the molecule is C#CCN(CC(=O)O)c1ncnc2ccsc12. The predicted octanol–water partition coefficient (Wildman–Crippen LogP) is 1.22. The van der Waals surface area contributed by atoms with Crippen molar-refractivity contribution in [1.29, 1.82) is 0 Å². The van der Waals surface area contributed by atoms with Crippen molar-refractivity contribution < 1.29 is 9.90 Å². The molecule has 0 aliphatic heterocycles. The van der Waals surface area contributed by atoms with Gasteiger partial charge in [-0.1, -0.05) is 5.92 Å². The molecule has 17 heavy (non-hydrogen) atoms. The van der Waals surface area contributed by atoms with Gasteiger partial charge in [0.2, 0.25) is 0 Å². The zero-order valence-corrected chi connectivity index (χ0v) is 9.65. The van der Waals surface area contributed by atoms with Gasteiger partial charge >= 0.3 is 5.97 Å². The number of thiophene rings is 1. The highest BCUT2D eigenvalue weighted by molar-refractivity contribution is 7.17. The highest BCUT2D eigenvalue weighted by Gasteiger charge is 2.15. The molecule has 5 nitrogen and oxygen atoms in total. The van der Waals surface area contributed by atoms with Gasteiger partial charge in [0, 0.05) is 0 Å². The van der Waals surface area contributed by atoms with Gasteiger partial charge in [0.1, 0.15) is 12.9 Å². The standard InChI is InChI=1S/C11H9N3O2S/c1-2-4-14(6-9(15)16)11-10-8(3-5-17-10)12-7-13-11/h1,3,5,7H,4,6H2,(H,15,16). The molecule has 0 bridgehead atoms. The summed E-state index contributed by atoms with van der Waals surface area (Å²) in [6, 6.07) is 1.86. The van der Waals surface area contributed by atoms with E-state index < -0.39 is 5.97 Å². The quantitative estimate of drug-likeness (QED) is 0.823. The van der Waals surface area contributed by atoms with Crippen molar-refractivity contribution in [3.8, 4) is 12.3 Å². The Morgan fingerprint density at radius 1 is 1.59 bits per heavy atom. The van der Waals surface area contributed by atoms with Crippen LogP contribution in [0.15, 0.2) is 17.8 Å². The molecule has 0 aromatic carbocycles. The van der Waals surface area contributed by atoms with Crippen LogP contribution in [0, 0.1) is 12.3 Å². The lowest BCUT2D eigenvalue weighted by atomic mass is 10.4. The molecule has 0 saturated heterocycles. The van der Waals surface area contributed by atoms with Gasteiger partial charge in [0.05, 0.1) is 16.8 Å². The Balaban J connectivity index is 2.44. The third kappa shape index (κ3) is 2.34. The summed E-state index contributed by atoms with van der Waals surface area (Å²) < 4.78 is 0.851. The van der Waals surface area contributed by atoms with E-state index in [9.17, 15) is 4.79 Å². The van der Waals surface area contributed by atoms with Crippen LogP contribution in [-0.4, -0.2) is 34.1 Å². The van der Waals surface area contributed by atoms with E-state index in [1.54, 1.807) is 4.90 Å². The van der Waals surface area contributed by atoms with E-state index in [4.69, 9.17) is 11.5 Å². The van der Waals surface area contributed by atoms with Crippen LogP contribution in [0.1, 0.15) is 0 Å². The molecule has 0 radical (unpaired) electrons. The summed E-state index contributed by atoms with van der Waals surface area (Å²) in [6.07, 6.45) is 6.65. The van der Waals surface area contributed by atoms with Crippen LogP contribution in [0.2, 0.25) is 0 Å². The number of fused-ring (bicyclic) bond motifs is 1. The number of terminal acetylenes is 1. The van der Waals surface area contributed by atoms with Gasteiger partial charge in [0.15, 0.2) is 5.82 Å². The van der Waals surface area contributed by atoms with Crippen molar-refractivity contribution in [1.82, 2.24) is 9.97 Å². The van der Waals surface area contributed by atoms with Gasteiger partial charge in [-0.2, -0.15) is 0 Å². The number of carboxylic acid groups (broad SMARTS) is 1. The molecule has 2 aromatic rings. The maximum Gasteiger partial charge on any atom is 0.323 e. The molecule has 86 valence electrons. The Kier molecular flexibility index (Phi) is 3.21. The number of hydrogen-bond acceptors (Lipinski definition) is 5. The Labute approximate surface area is 102 Å². The third-order valence-electron chi connectivity index (χ3n) is 2.13. The summed E-state index contributed by atoms with van der Waals surface area (Å²) in [7, 11) is 0. The first-order chi connectivity index (χ1) is 8.22. The largest absolute Gasteiger partial charge is 0.480 e. The average molecular weight is 247 g/mol. The van der Waals surface area contributed by atoms with Crippen molar-refractivity contribution in [3.63, 3.8) is 0 Å². The van der Waals surface area contributed by atoms with Gasteiger partial charge in [0.25, 0.3) is 0 Å². The fourth-order valence-electron chi connectivity index (χ4n) is 1.48. The number of carboxylic acids is 1. The number of aliphatic carboxylic acids is 1. The first-order valence-corrected chi connectivity index (χ1v) is 5.68. The van der Waals surface area contributed by atoms with Crippen LogP contribution < -0.4 is 4.90 Å². The molecular weight excluding hydrogens is 238 g/mol. The van der Waals surface area contributed by atoms with Crippen molar-refractivity contribution in [3.05, 3.63) is 17.8 Å². The minimum Gasteiger partial charge on any atom is -0.480 e. The smallest absolute Gasteiger partial charge is 0.323 e. The summed E-state index contributed by atoms with van der Waals surface area (Å²) in [6.45, 7) is 0.0323. The zero-order valence-electron chi connectivity index (χ0n) is 8.83. The van der Waals surface area contributed by atoms with E-state index in [0.29, 0.717) is 5.82 Å². The molecular formula is C11H9N3O2S. The Morgan fingerprint density at radius 3 is 3.12 bits per heavy atom. The van der Waals surface area contributed by atoms with Crippen LogP contribution in [0.5, 0.6) is 0 Å². The number of carbonyl (C=O) groups is 1. The van der Waals surface area contributed by atoms with E-state index in [-0.39, 0.29) is 13.1 Å². The van der Waals surface area contributed by atoms with Gasteiger partial charge in [-0.05, 0) is 11.4 Å². The maximum atomic E-state index is 10.8. The molecule has 0 saturated carbocycles. The molecule has 0 atom stereocenters. The Hall–Kier alpha value is -2.13. The highest BCUT2D eigenvalue weighted by atomic mass is 32.1. The molecule has 0 aliphatic carbocycles. The highest BCUT2D eigenvalue weighted by Crippen LogP contribution is 2.27.